The van der Waals surface area contributed by atoms with Crippen LogP contribution in [0, 0.1) is 10.1 Å². The number of carboxylic acids is 1. The van der Waals surface area contributed by atoms with Crippen LogP contribution >= 0.6 is 24.0 Å². The summed E-state index contributed by atoms with van der Waals surface area (Å²) in [7, 11) is 0. The highest BCUT2D eigenvalue weighted by Gasteiger charge is 2.33. The fourth-order valence-corrected chi connectivity index (χ4v) is 3.65. The van der Waals surface area contributed by atoms with Gasteiger partial charge in [-0.15, -0.1) is 0 Å². The first-order chi connectivity index (χ1) is 12.4. The van der Waals surface area contributed by atoms with E-state index in [-0.39, 0.29) is 15.6 Å². The van der Waals surface area contributed by atoms with E-state index in [4.69, 9.17) is 17.3 Å². The molecule has 130 valence electrons. The number of carboxylic acid groups (broad SMARTS) is 1. The van der Waals surface area contributed by atoms with Crippen molar-refractivity contribution in [3.05, 3.63) is 74.7 Å². The van der Waals surface area contributed by atoms with Gasteiger partial charge in [-0.05, 0) is 29.8 Å². The lowest BCUT2D eigenvalue weighted by Gasteiger charge is -2.13. The Labute approximate surface area is 157 Å². The molecular weight excluding hydrogens is 376 g/mol. The molecule has 0 unspecified atom stereocenters. The van der Waals surface area contributed by atoms with E-state index in [9.17, 15) is 19.7 Å². The molecule has 7 nitrogen and oxygen atoms in total. The normalized spacial score (nSPS) is 15.5. The number of thioether (sulfide) groups is 1. The van der Waals surface area contributed by atoms with Crippen LogP contribution in [0.3, 0.4) is 0 Å². The number of hydrogen-bond donors (Lipinski definition) is 1. The molecule has 26 heavy (non-hydrogen) atoms. The second-order valence-electron chi connectivity index (χ2n) is 5.22. The van der Waals surface area contributed by atoms with E-state index in [1.165, 1.54) is 35.2 Å². The summed E-state index contributed by atoms with van der Waals surface area (Å²) in [6.45, 7) is 0. The van der Waals surface area contributed by atoms with Crippen molar-refractivity contribution in [2.45, 2.75) is 0 Å². The molecule has 1 fully saturated rings. The van der Waals surface area contributed by atoms with Gasteiger partial charge in [0.2, 0.25) is 0 Å². The van der Waals surface area contributed by atoms with Gasteiger partial charge in [0.05, 0.1) is 21.1 Å². The molecule has 0 radical (unpaired) electrons. The number of amides is 1. The van der Waals surface area contributed by atoms with Gasteiger partial charge < -0.3 is 5.11 Å². The minimum absolute atomic E-state index is 0.105. The van der Waals surface area contributed by atoms with Crippen molar-refractivity contribution in [1.82, 2.24) is 0 Å². The number of aromatic carboxylic acids is 1. The summed E-state index contributed by atoms with van der Waals surface area (Å²) in [4.78, 5) is 35.7. The number of nitrogens with zero attached hydrogens (tertiary/aromatic N) is 2. The lowest BCUT2D eigenvalue weighted by Crippen LogP contribution is -2.27. The molecule has 1 amide bonds. The number of nitro benzene ring substituents is 1. The lowest BCUT2D eigenvalue weighted by atomic mass is 10.1. The predicted octanol–water partition coefficient (Wildman–Crippen LogP) is 3.70. The predicted molar refractivity (Wildman–Crippen MR) is 102 cm³/mol. The smallest absolute Gasteiger partial charge is 0.335 e. The molecule has 1 aliphatic rings. The van der Waals surface area contributed by atoms with Crippen molar-refractivity contribution in [3.8, 4) is 0 Å². The molecule has 1 heterocycles. The lowest BCUT2D eigenvalue weighted by molar-refractivity contribution is -0.384. The summed E-state index contributed by atoms with van der Waals surface area (Å²) < 4.78 is 0.246. The highest BCUT2D eigenvalue weighted by Crippen LogP contribution is 2.37. The van der Waals surface area contributed by atoms with Crippen LogP contribution in [-0.2, 0) is 4.79 Å². The monoisotopic (exact) mass is 386 g/mol. The maximum Gasteiger partial charge on any atom is 0.335 e. The Balaban J connectivity index is 1.94. The van der Waals surface area contributed by atoms with Crippen molar-refractivity contribution in [2.24, 2.45) is 0 Å². The van der Waals surface area contributed by atoms with Crippen LogP contribution in [0.1, 0.15) is 15.9 Å². The van der Waals surface area contributed by atoms with Crippen molar-refractivity contribution >= 4 is 57.6 Å². The third-order valence-electron chi connectivity index (χ3n) is 3.52. The maximum atomic E-state index is 12.7. The Kier molecular flexibility index (Phi) is 4.83. The first kappa shape index (κ1) is 17.8. The summed E-state index contributed by atoms with van der Waals surface area (Å²) >= 11 is 6.28. The third kappa shape index (κ3) is 3.48. The van der Waals surface area contributed by atoms with Crippen LogP contribution in [-0.4, -0.2) is 26.2 Å². The molecule has 0 bridgehead atoms. The van der Waals surface area contributed by atoms with Crippen LogP contribution in [0.25, 0.3) is 6.08 Å². The van der Waals surface area contributed by atoms with Gasteiger partial charge in [-0.1, -0.05) is 42.2 Å². The van der Waals surface area contributed by atoms with Crippen LogP contribution < -0.4 is 4.90 Å². The first-order valence-corrected chi connectivity index (χ1v) is 8.45. The van der Waals surface area contributed by atoms with Crippen LogP contribution in [0.4, 0.5) is 11.4 Å². The van der Waals surface area contributed by atoms with E-state index in [1.807, 2.05) is 0 Å². The zero-order valence-corrected chi connectivity index (χ0v) is 14.6. The molecule has 2 aromatic carbocycles. The molecule has 0 aromatic heterocycles. The Morgan fingerprint density at radius 1 is 1.23 bits per heavy atom. The van der Waals surface area contributed by atoms with Crippen molar-refractivity contribution in [3.63, 3.8) is 0 Å². The van der Waals surface area contributed by atoms with Crippen molar-refractivity contribution in [2.75, 3.05) is 4.90 Å². The Morgan fingerprint density at radius 3 is 2.65 bits per heavy atom. The van der Waals surface area contributed by atoms with Crippen LogP contribution in [0.2, 0.25) is 0 Å². The maximum absolute atomic E-state index is 12.7. The topological polar surface area (TPSA) is 101 Å². The molecule has 0 aliphatic carbocycles. The van der Waals surface area contributed by atoms with Crippen molar-refractivity contribution < 1.29 is 19.6 Å². The van der Waals surface area contributed by atoms with Gasteiger partial charge in [-0.3, -0.25) is 19.8 Å². The Morgan fingerprint density at radius 2 is 1.96 bits per heavy atom. The zero-order valence-electron chi connectivity index (χ0n) is 13.0. The van der Waals surface area contributed by atoms with Crippen LogP contribution in [0.5, 0.6) is 0 Å². The van der Waals surface area contributed by atoms with Gasteiger partial charge in [0, 0.05) is 12.1 Å². The van der Waals surface area contributed by atoms with Gasteiger partial charge in [-0.25, -0.2) is 4.79 Å². The van der Waals surface area contributed by atoms with E-state index < -0.39 is 16.8 Å². The number of anilines is 1. The molecule has 0 spiro atoms. The number of benzene rings is 2. The summed E-state index contributed by atoms with van der Waals surface area (Å²) in [6, 6.07) is 11.8. The minimum Gasteiger partial charge on any atom is -0.478 e. The van der Waals surface area contributed by atoms with Gasteiger partial charge >= 0.3 is 5.97 Å². The average Bonchev–Trinajstić information content (AvgIpc) is 2.88. The second-order valence-corrected chi connectivity index (χ2v) is 6.90. The van der Waals surface area contributed by atoms with E-state index in [1.54, 1.807) is 24.3 Å². The molecular formula is C17H10N2O5S2. The molecule has 2 aromatic rings. The molecule has 9 heteroatoms. The first-order valence-electron chi connectivity index (χ1n) is 7.22. The van der Waals surface area contributed by atoms with Crippen LogP contribution in [0.15, 0.2) is 53.4 Å². The molecule has 0 saturated carbocycles. The number of carbonyl (C=O) groups is 2. The molecule has 1 saturated heterocycles. The van der Waals surface area contributed by atoms with Crippen molar-refractivity contribution in [1.29, 1.82) is 0 Å². The quantitative estimate of drug-likeness (QED) is 0.370. The van der Waals surface area contributed by atoms with E-state index in [0.29, 0.717) is 16.2 Å². The van der Waals surface area contributed by atoms with E-state index in [0.717, 1.165) is 11.8 Å². The number of hydrogen-bond acceptors (Lipinski definition) is 6. The average molecular weight is 386 g/mol. The molecule has 0 atom stereocenters. The largest absolute Gasteiger partial charge is 0.478 e. The van der Waals surface area contributed by atoms with Gasteiger partial charge in [0.1, 0.15) is 0 Å². The van der Waals surface area contributed by atoms with E-state index in [2.05, 4.69) is 0 Å². The summed E-state index contributed by atoms with van der Waals surface area (Å²) in [5.74, 6) is -1.48. The molecule has 3 rings (SSSR count). The highest BCUT2D eigenvalue weighted by molar-refractivity contribution is 8.27. The Hall–Kier alpha value is -3.04. The fourth-order valence-electron chi connectivity index (χ4n) is 2.35. The molecule has 1 aliphatic heterocycles. The molecule has 1 N–H and O–H groups in total. The van der Waals surface area contributed by atoms with Gasteiger partial charge in [0.25, 0.3) is 11.6 Å². The second kappa shape index (κ2) is 7.06. The Bertz CT molecular complexity index is 987. The third-order valence-corrected chi connectivity index (χ3v) is 4.83. The number of rotatable bonds is 4. The number of carbonyl (C=O) groups excluding carboxylic acids is 1. The number of nitro groups is 1. The summed E-state index contributed by atoms with van der Waals surface area (Å²) in [5.41, 5.74) is 0.816. The highest BCUT2D eigenvalue weighted by atomic mass is 32.2. The fraction of sp³-hybridized carbons (Fsp3) is 0. The zero-order chi connectivity index (χ0) is 18.8. The van der Waals surface area contributed by atoms with Gasteiger partial charge in [-0.2, -0.15) is 0 Å². The standard InChI is InChI=1S/C17H10N2O5S2/c20-15-14(8-10-3-1-4-11(7-10)16(21)22)26-17(25)18(15)12-5-2-6-13(9-12)19(23)24/h1-9H,(H,21,22)/b14-8-. The minimum atomic E-state index is -1.07. The van der Waals surface area contributed by atoms with Gasteiger partial charge in [0.15, 0.2) is 4.32 Å². The summed E-state index contributed by atoms with van der Waals surface area (Å²) in [5, 5.41) is 20.0. The van der Waals surface area contributed by atoms with E-state index >= 15 is 0 Å². The number of thiocarbonyl (C=S) groups is 1. The SMILES string of the molecule is O=C(O)c1cccc(/C=C2\SC(=S)N(c3cccc([N+](=O)[O-])c3)C2=O)c1. The number of non-ortho nitro benzene ring substituents is 1. The summed E-state index contributed by atoms with van der Waals surface area (Å²) in [6.07, 6.45) is 1.54.